The van der Waals surface area contributed by atoms with E-state index in [1.807, 2.05) is 62.4 Å². The number of hydrogen-bond donors (Lipinski definition) is 1. The number of hydrazone groups is 1. The van der Waals surface area contributed by atoms with Crippen molar-refractivity contribution in [1.29, 1.82) is 0 Å². The maximum Gasteiger partial charge on any atom is 0.277 e. The Bertz CT molecular complexity index is 1040. The normalized spacial score (nSPS) is 10.7. The van der Waals surface area contributed by atoms with Gasteiger partial charge in [-0.05, 0) is 66.4 Å². The van der Waals surface area contributed by atoms with Crippen LogP contribution in [0.1, 0.15) is 22.3 Å². The highest BCUT2D eigenvalue weighted by atomic mass is 16.5. The summed E-state index contributed by atoms with van der Waals surface area (Å²) in [7, 11) is 1.59. The lowest BCUT2D eigenvalue weighted by Gasteiger charge is -2.11. The minimum atomic E-state index is -0.340. The molecule has 0 saturated carbocycles. The molecule has 0 bridgehead atoms. The zero-order valence-corrected chi connectivity index (χ0v) is 18.6. The van der Waals surface area contributed by atoms with E-state index in [-0.39, 0.29) is 12.5 Å². The van der Waals surface area contributed by atoms with E-state index in [1.165, 1.54) is 5.56 Å². The van der Waals surface area contributed by atoms with Crippen LogP contribution in [0.5, 0.6) is 17.2 Å². The molecule has 3 aromatic carbocycles. The van der Waals surface area contributed by atoms with Crippen LogP contribution in [0.4, 0.5) is 0 Å². The monoisotopic (exact) mass is 432 g/mol. The van der Waals surface area contributed by atoms with Gasteiger partial charge < -0.3 is 14.2 Å². The number of methoxy groups -OCH3 is 1. The van der Waals surface area contributed by atoms with Crippen molar-refractivity contribution in [1.82, 2.24) is 5.43 Å². The second-order valence-corrected chi connectivity index (χ2v) is 7.40. The molecular formula is C26H28N2O4. The zero-order chi connectivity index (χ0) is 22.8. The maximum atomic E-state index is 12.0. The summed E-state index contributed by atoms with van der Waals surface area (Å²) >= 11 is 0. The van der Waals surface area contributed by atoms with Gasteiger partial charge >= 0.3 is 0 Å². The van der Waals surface area contributed by atoms with Crippen molar-refractivity contribution in [2.24, 2.45) is 5.10 Å². The van der Waals surface area contributed by atoms with Gasteiger partial charge in [-0.1, -0.05) is 36.4 Å². The molecule has 32 heavy (non-hydrogen) atoms. The van der Waals surface area contributed by atoms with Gasteiger partial charge in [-0.2, -0.15) is 5.10 Å². The van der Waals surface area contributed by atoms with Crippen LogP contribution in [0.25, 0.3) is 0 Å². The van der Waals surface area contributed by atoms with Gasteiger partial charge in [0.15, 0.2) is 18.1 Å². The third-order valence-corrected chi connectivity index (χ3v) is 4.65. The van der Waals surface area contributed by atoms with Crippen molar-refractivity contribution >= 4 is 12.1 Å². The minimum absolute atomic E-state index is 0.113. The molecule has 0 unspecified atom stereocenters. The summed E-state index contributed by atoms with van der Waals surface area (Å²) in [6.07, 6.45) is 2.36. The summed E-state index contributed by atoms with van der Waals surface area (Å²) in [5.74, 6) is 1.58. The number of amides is 1. The van der Waals surface area contributed by atoms with Crippen LogP contribution >= 0.6 is 0 Å². The first kappa shape index (κ1) is 22.9. The Morgan fingerprint density at radius 1 is 0.938 bits per heavy atom. The van der Waals surface area contributed by atoms with E-state index >= 15 is 0 Å². The number of ether oxygens (including phenoxy) is 3. The van der Waals surface area contributed by atoms with E-state index in [0.717, 1.165) is 23.1 Å². The van der Waals surface area contributed by atoms with Gasteiger partial charge in [-0.15, -0.1) is 0 Å². The quantitative estimate of drug-likeness (QED) is 0.379. The van der Waals surface area contributed by atoms with E-state index in [9.17, 15) is 4.79 Å². The molecule has 1 N–H and O–H groups in total. The van der Waals surface area contributed by atoms with Gasteiger partial charge in [-0.25, -0.2) is 5.43 Å². The number of nitrogens with zero attached hydrogens (tertiary/aromatic N) is 1. The van der Waals surface area contributed by atoms with Gasteiger partial charge in [0.05, 0.1) is 19.9 Å². The smallest absolute Gasteiger partial charge is 0.277 e. The predicted molar refractivity (Wildman–Crippen MR) is 126 cm³/mol. The fourth-order valence-corrected chi connectivity index (χ4v) is 3.18. The Morgan fingerprint density at radius 3 is 2.41 bits per heavy atom. The predicted octanol–water partition coefficient (Wildman–Crippen LogP) is 4.46. The van der Waals surface area contributed by atoms with E-state index in [2.05, 4.69) is 22.7 Å². The molecule has 0 radical (unpaired) electrons. The average Bonchev–Trinajstić information content (AvgIpc) is 2.78. The molecule has 0 fully saturated rings. The third kappa shape index (κ3) is 7.16. The number of benzene rings is 3. The highest BCUT2D eigenvalue weighted by Gasteiger charge is 2.06. The molecule has 0 aliphatic carbocycles. The lowest BCUT2D eigenvalue weighted by atomic mass is 10.1. The van der Waals surface area contributed by atoms with Crippen LogP contribution < -0.4 is 19.6 Å². The number of rotatable bonds is 10. The second-order valence-electron chi connectivity index (χ2n) is 7.40. The first-order valence-corrected chi connectivity index (χ1v) is 10.4. The van der Waals surface area contributed by atoms with Gasteiger partial charge in [-0.3, -0.25) is 4.79 Å². The third-order valence-electron chi connectivity index (χ3n) is 4.65. The Morgan fingerprint density at radius 2 is 1.69 bits per heavy atom. The minimum Gasteiger partial charge on any atom is -0.493 e. The summed E-state index contributed by atoms with van der Waals surface area (Å²) in [6, 6.07) is 21.5. The molecule has 0 atom stereocenters. The molecule has 0 aliphatic rings. The molecule has 166 valence electrons. The first-order chi connectivity index (χ1) is 15.5. The molecule has 6 nitrogen and oxygen atoms in total. The van der Waals surface area contributed by atoms with Gasteiger partial charge in [0.25, 0.3) is 5.91 Å². The first-order valence-electron chi connectivity index (χ1n) is 10.4. The Balaban J connectivity index is 1.48. The topological polar surface area (TPSA) is 69.2 Å². The highest BCUT2D eigenvalue weighted by molar-refractivity contribution is 5.83. The Hall–Kier alpha value is -3.80. The van der Waals surface area contributed by atoms with Crippen molar-refractivity contribution in [3.8, 4) is 17.2 Å². The largest absolute Gasteiger partial charge is 0.493 e. The average molecular weight is 433 g/mol. The van der Waals surface area contributed by atoms with Crippen molar-refractivity contribution < 1.29 is 19.0 Å². The van der Waals surface area contributed by atoms with Crippen LogP contribution in [0.2, 0.25) is 0 Å². The van der Waals surface area contributed by atoms with Gasteiger partial charge in [0.1, 0.15) is 5.75 Å². The lowest BCUT2D eigenvalue weighted by Crippen LogP contribution is -2.24. The molecule has 0 aromatic heterocycles. The van der Waals surface area contributed by atoms with Crippen LogP contribution in [0.3, 0.4) is 0 Å². The lowest BCUT2D eigenvalue weighted by molar-refractivity contribution is -0.123. The molecule has 0 heterocycles. The van der Waals surface area contributed by atoms with E-state index in [1.54, 1.807) is 19.4 Å². The maximum absolute atomic E-state index is 12.0. The summed E-state index contributed by atoms with van der Waals surface area (Å²) < 4.78 is 16.8. The van der Waals surface area contributed by atoms with Gasteiger partial charge in [0, 0.05) is 6.42 Å². The fourth-order valence-electron chi connectivity index (χ4n) is 3.18. The van der Waals surface area contributed by atoms with Gasteiger partial charge in [0.2, 0.25) is 0 Å². The van der Waals surface area contributed by atoms with Crippen LogP contribution in [0.15, 0.2) is 71.8 Å². The van der Waals surface area contributed by atoms with E-state index < -0.39 is 0 Å². The standard InChI is InChI=1S/C26H28N2O4/c1-19-13-20(2)15-23(14-19)32-18-26(29)28-27-17-22-9-10-24(25(16-22)30-3)31-12-11-21-7-5-4-6-8-21/h4-10,13-17H,11-12,18H2,1-3H3,(H,28,29)/b27-17+. The Kier molecular flexibility index (Phi) is 8.26. The molecular weight excluding hydrogens is 404 g/mol. The van der Waals surface area contributed by atoms with E-state index in [4.69, 9.17) is 14.2 Å². The summed E-state index contributed by atoms with van der Waals surface area (Å²) in [6.45, 7) is 4.40. The number of carbonyl (C=O) groups excluding carboxylic acids is 1. The number of aryl methyl sites for hydroxylation is 2. The summed E-state index contributed by atoms with van der Waals surface area (Å²) in [5, 5.41) is 3.99. The van der Waals surface area contributed by atoms with Crippen molar-refractivity contribution in [2.75, 3.05) is 20.3 Å². The van der Waals surface area contributed by atoms with Crippen molar-refractivity contribution in [2.45, 2.75) is 20.3 Å². The molecule has 0 spiro atoms. The SMILES string of the molecule is COc1cc(/C=N/NC(=O)COc2cc(C)cc(C)c2)ccc1OCCc1ccccc1. The molecule has 1 amide bonds. The Labute approximate surface area is 188 Å². The second kappa shape index (κ2) is 11.6. The van der Waals surface area contributed by atoms with Crippen molar-refractivity contribution in [3.05, 3.63) is 89.0 Å². The van der Waals surface area contributed by atoms with E-state index in [0.29, 0.717) is 23.9 Å². The number of carbonyl (C=O) groups is 1. The molecule has 0 aliphatic heterocycles. The molecule has 3 rings (SSSR count). The fraction of sp³-hybridized carbons (Fsp3) is 0.231. The van der Waals surface area contributed by atoms with Crippen molar-refractivity contribution in [3.63, 3.8) is 0 Å². The molecule has 6 heteroatoms. The molecule has 3 aromatic rings. The molecule has 0 saturated heterocycles. The van der Waals surface area contributed by atoms with Crippen LogP contribution in [-0.4, -0.2) is 32.4 Å². The summed E-state index contributed by atoms with van der Waals surface area (Å²) in [4.78, 5) is 12.0. The number of hydrogen-bond acceptors (Lipinski definition) is 5. The summed E-state index contributed by atoms with van der Waals surface area (Å²) in [5.41, 5.74) is 6.62. The van der Waals surface area contributed by atoms with Crippen LogP contribution in [0, 0.1) is 13.8 Å². The zero-order valence-electron chi connectivity index (χ0n) is 18.6. The van der Waals surface area contributed by atoms with Crippen LogP contribution in [-0.2, 0) is 11.2 Å². The number of nitrogens with one attached hydrogen (secondary N) is 1. The highest BCUT2D eigenvalue weighted by Crippen LogP contribution is 2.27.